The second-order valence-electron chi connectivity index (χ2n) is 2.49. The molecule has 1 aliphatic heterocycles. The van der Waals surface area contributed by atoms with E-state index in [9.17, 15) is 0 Å². The van der Waals surface area contributed by atoms with Gasteiger partial charge in [0.25, 0.3) is 0 Å². The van der Waals surface area contributed by atoms with E-state index in [0.29, 0.717) is 6.10 Å². The maximum Gasteiger partial charge on any atom is 0.0821 e. The SMILES string of the molecule is COC[C@H]1CCNCCO1. The molecule has 0 amide bonds. The lowest BCUT2D eigenvalue weighted by molar-refractivity contribution is 0.00593. The van der Waals surface area contributed by atoms with E-state index in [1.165, 1.54) is 0 Å². The van der Waals surface area contributed by atoms with Crippen LogP contribution in [0.4, 0.5) is 0 Å². The first kappa shape index (κ1) is 7.98. The number of ether oxygens (including phenoxy) is 2. The number of rotatable bonds is 2. The van der Waals surface area contributed by atoms with E-state index in [-0.39, 0.29) is 0 Å². The van der Waals surface area contributed by atoms with Crippen LogP contribution in [0.25, 0.3) is 0 Å². The van der Waals surface area contributed by atoms with Crippen LogP contribution in [0.5, 0.6) is 0 Å². The summed E-state index contributed by atoms with van der Waals surface area (Å²) in [7, 11) is 1.71. The van der Waals surface area contributed by atoms with E-state index >= 15 is 0 Å². The summed E-state index contributed by atoms with van der Waals surface area (Å²) in [5.74, 6) is 0. The summed E-state index contributed by atoms with van der Waals surface area (Å²) in [6, 6.07) is 0. The lowest BCUT2D eigenvalue weighted by Gasteiger charge is -2.11. The standard InChI is InChI=1S/C7H15NO2/c1-9-6-7-2-3-8-4-5-10-7/h7-8H,2-6H2,1H3/t7-/m1/s1. The molecule has 0 aromatic carbocycles. The predicted molar refractivity (Wildman–Crippen MR) is 39.1 cm³/mol. The van der Waals surface area contributed by atoms with Crippen LogP contribution in [-0.2, 0) is 9.47 Å². The van der Waals surface area contributed by atoms with Crippen LogP contribution in [0, 0.1) is 0 Å². The number of methoxy groups -OCH3 is 1. The monoisotopic (exact) mass is 145 g/mol. The fourth-order valence-corrected chi connectivity index (χ4v) is 1.09. The van der Waals surface area contributed by atoms with Crippen molar-refractivity contribution in [2.45, 2.75) is 12.5 Å². The van der Waals surface area contributed by atoms with Gasteiger partial charge < -0.3 is 14.8 Å². The molecule has 1 aliphatic rings. The molecule has 0 spiro atoms. The van der Waals surface area contributed by atoms with Gasteiger partial charge in [-0.25, -0.2) is 0 Å². The molecular weight excluding hydrogens is 130 g/mol. The van der Waals surface area contributed by atoms with Gasteiger partial charge in [-0.3, -0.25) is 0 Å². The highest BCUT2D eigenvalue weighted by Crippen LogP contribution is 2.00. The number of hydrogen-bond donors (Lipinski definition) is 1. The zero-order valence-corrected chi connectivity index (χ0v) is 6.43. The Kier molecular flexibility index (Phi) is 3.72. The molecule has 1 saturated heterocycles. The molecule has 3 nitrogen and oxygen atoms in total. The minimum absolute atomic E-state index is 0.306. The molecule has 10 heavy (non-hydrogen) atoms. The van der Waals surface area contributed by atoms with Crippen molar-refractivity contribution in [3.8, 4) is 0 Å². The van der Waals surface area contributed by atoms with Gasteiger partial charge in [0.2, 0.25) is 0 Å². The molecular formula is C7H15NO2. The van der Waals surface area contributed by atoms with Crippen molar-refractivity contribution < 1.29 is 9.47 Å². The van der Waals surface area contributed by atoms with Crippen LogP contribution in [0.3, 0.4) is 0 Å². The third-order valence-corrected chi connectivity index (χ3v) is 1.63. The highest BCUT2D eigenvalue weighted by atomic mass is 16.5. The molecule has 3 heteroatoms. The van der Waals surface area contributed by atoms with Crippen molar-refractivity contribution >= 4 is 0 Å². The molecule has 1 fully saturated rings. The van der Waals surface area contributed by atoms with Crippen molar-refractivity contribution in [2.24, 2.45) is 0 Å². The van der Waals surface area contributed by atoms with Gasteiger partial charge in [0.15, 0.2) is 0 Å². The maximum absolute atomic E-state index is 5.46. The summed E-state index contributed by atoms with van der Waals surface area (Å²) in [6.45, 7) is 3.56. The van der Waals surface area contributed by atoms with Crippen LogP contribution >= 0.6 is 0 Å². The highest BCUT2D eigenvalue weighted by molar-refractivity contribution is 4.63. The number of hydrogen-bond acceptors (Lipinski definition) is 3. The topological polar surface area (TPSA) is 30.5 Å². The van der Waals surface area contributed by atoms with Crippen molar-refractivity contribution in [2.75, 3.05) is 33.4 Å². The van der Waals surface area contributed by atoms with E-state index in [1.807, 2.05) is 0 Å². The van der Waals surface area contributed by atoms with E-state index in [0.717, 1.165) is 32.7 Å². The molecule has 0 aromatic heterocycles. The average molecular weight is 145 g/mol. The van der Waals surface area contributed by atoms with Crippen molar-refractivity contribution in [1.29, 1.82) is 0 Å². The maximum atomic E-state index is 5.46. The van der Waals surface area contributed by atoms with Gasteiger partial charge >= 0.3 is 0 Å². The smallest absolute Gasteiger partial charge is 0.0821 e. The fourth-order valence-electron chi connectivity index (χ4n) is 1.09. The van der Waals surface area contributed by atoms with E-state index in [4.69, 9.17) is 9.47 Å². The quantitative estimate of drug-likeness (QED) is 0.594. The number of nitrogens with one attached hydrogen (secondary N) is 1. The summed E-state index contributed by atoms with van der Waals surface area (Å²) >= 11 is 0. The lowest BCUT2D eigenvalue weighted by Crippen LogP contribution is -2.19. The molecule has 0 unspecified atom stereocenters. The molecule has 0 radical (unpaired) electrons. The van der Waals surface area contributed by atoms with Gasteiger partial charge in [-0.05, 0) is 13.0 Å². The molecule has 60 valence electrons. The Labute approximate surface area is 61.7 Å². The minimum Gasteiger partial charge on any atom is -0.382 e. The van der Waals surface area contributed by atoms with Gasteiger partial charge in [0, 0.05) is 13.7 Å². The van der Waals surface area contributed by atoms with Crippen LogP contribution < -0.4 is 5.32 Å². The van der Waals surface area contributed by atoms with Crippen molar-refractivity contribution in [3.05, 3.63) is 0 Å². The Morgan fingerprint density at radius 2 is 2.50 bits per heavy atom. The molecule has 1 heterocycles. The predicted octanol–water partition coefficient (Wildman–Crippen LogP) is 0.0113. The Hall–Kier alpha value is -0.120. The molecule has 0 aliphatic carbocycles. The highest BCUT2D eigenvalue weighted by Gasteiger charge is 2.10. The van der Waals surface area contributed by atoms with Gasteiger partial charge in [-0.2, -0.15) is 0 Å². The largest absolute Gasteiger partial charge is 0.382 e. The molecule has 0 bridgehead atoms. The van der Waals surface area contributed by atoms with Crippen LogP contribution in [0.2, 0.25) is 0 Å². The third-order valence-electron chi connectivity index (χ3n) is 1.63. The molecule has 1 N–H and O–H groups in total. The summed E-state index contributed by atoms with van der Waals surface area (Å²) in [5.41, 5.74) is 0. The van der Waals surface area contributed by atoms with Crippen LogP contribution in [-0.4, -0.2) is 39.5 Å². The molecule has 1 atom stereocenters. The Morgan fingerprint density at radius 1 is 1.60 bits per heavy atom. The van der Waals surface area contributed by atoms with Crippen LogP contribution in [0.15, 0.2) is 0 Å². The Balaban J connectivity index is 2.15. The minimum atomic E-state index is 0.306. The van der Waals surface area contributed by atoms with Gasteiger partial charge in [0.05, 0.1) is 19.3 Å². The van der Waals surface area contributed by atoms with Gasteiger partial charge in [0.1, 0.15) is 0 Å². The van der Waals surface area contributed by atoms with E-state index in [2.05, 4.69) is 5.32 Å². The van der Waals surface area contributed by atoms with Crippen LogP contribution in [0.1, 0.15) is 6.42 Å². The van der Waals surface area contributed by atoms with Crippen molar-refractivity contribution in [1.82, 2.24) is 5.32 Å². The van der Waals surface area contributed by atoms with Gasteiger partial charge in [-0.1, -0.05) is 0 Å². The third kappa shape index (κ3) is 2.64. The Morgan fingerprint density at radius 3 is 3.30 bits per heavy atom. The zero-order valence-electron chi connectivity index (χ0n) is 6.43. The summed E-state index contributed by atoms with van der Waals surface area (Å²) in [4.78, 5) is 0. The van der Waals surface area contributed by atoms with Crippen molar-refractivity contribution in [3.63, 3.8) is 0 Å². The molecule has 0 saturated carbocycles. The normalized spacial score (nSPS) is 27.9. The van der Waals surface area contributed by atoms with E-state index < -0.39 is 0 Å². The summed E-state index contributed by atoms with van der Waals surface area (Å²) < 4.78 is 10.4. The first-order valence-corrected chi connectivity index (χ1v) is 3.74. The summed E-state index contributed by atoms with van der Waals surface area (Å²) in [6.07, 6.45) is 1.37. The van der Waals surface area contributed by atoms with E-state index in [1.54, 1.807) is 7.11 Å². The first-order valence-electron chi connectivity index (χ1n) is 3.74. The summed E-state index contributed by atoms with van der Waals surface area (Å²) in [5, 5.41) is 3.26. The molecule has 1 rings (SSSR count). The fraction of sp³-hybridized carbons (Fsp3) is 1.00. The average Bonchev–Trinajstić information content (AvgIpc) is 2.17. The van der Waals surface area contributed by atoms with Gasteiger partial charge in [-0.15, -0.1) is 0 Å². The lowest BCUT2D eigenvalue weighted by atomic mass is 10.3. The second-order valence-corrected chi connectivity index (χ2v) is 2.49. The Bertz CT molecular complexity index is 79.7. The zero-order chi connectivity index (χ0) is 7.23. The molecule has 0 aromatic rings. The second kappa shape index (κ2) is 4.66. The first-order chi connectivity index (χ1) is 4.93.